The molecule has 2 aromatic rings. The Morgan fingerprint density at radius 1 is 1.32 bits per heavy atom. The fourth-order valence-electron chi connectivity index (χ4n) is 2.62. The molecule has 0 spiro atoms. The fourth-order valence-corrected chi connectivity index (χ4v) is 2.62. The SMILES string of the molecule is CCNC(=NCC(CC)Oc1cccc(F)c1)NCCCc1cnn(C)c1.I. The molecule has 1 unspecified atom stereocenters. The van der Waals surface area contributed by atoms with Gasteiger partial charge in [-0.3, -0.25) is 4.68 Å². The van der Waals surface area contributed by atoms with Crippen molar-refractivity contribution >= 4 is 29.9 Å². The molecule has 0 aliphatic heterocycles. The molecular weight excluding hydrogens is 472 g/mol. The topological polar surface area (TPSA) is 63.5 Å². The monoisotopic (exact) mass is 503 g/mol. The zero-order valence-corrected chi connectivity index (χ0v) is 19.2. The first-order chi connectivity index (χ1) is 13.1. The van der Waals surface area contributed by atoms with Gasteiger partial charge in [0, 0.05) is 32.4 Å². The maximum absolute atomic E-state index is 13.3. The lowest BCUT2D eigenvalue weighted by Crippen LogP contribution is -2.38. The average Bonchev–Trinajstić information content (AvgIpc) is 3.07. The summed E-state index contributed by atoms with van der Waals surface area (Å²) < 4.78 is 21.0. The number of guanidine groups is 1. The quantitative estimate of drug-likeness (QED) is 0.226. The third-order valence-corrected chi connectivity index (χ3v) is 4.04. The maximum atomic E-state index is 13.3. The molecular formula is C20H31FIN5O. The van der Waals surface area contributed by atoms with E-state index in [-0.39, 0.29) is 35.9 Å². The molecule has 0 aliphatic carbocycles. The lowest BCUT2D eigenvalue weighted by molar-refractivity contribution is 0.205. The van der Waals surface area contributed by atoms with Crippen LogP contribution in [0, 0.1) is 5.82 Å². The zero-order chi connectivity index (χ0) is 19.5. The van der Waals surface area contributed by atoms with Gasteiger partial charge in [0.1, 0.15) is 17.7 Å². The largest absolute Gasteiger partial charge is 0.488 e. The predicted molar refractivity (Wildman–Crippen MR) is 122 cm³/mol. The maximum Gasteiger partial charge on any atom is 0.191 e. The van der Waals surface area contributed by atoms with Gasteiger partial charge in [0.2, 0.25) is 0 Å². The van der Waals surface area contributed by atoms with Gasteiger partial charge in [0.25, 0.3) is 0 Å². The highest BCUT2D eigenvalue weighted by molar-refractivity contribution is 14.0. The first kappa shape index (κ1) is 24.2. The number of aryl methyl sites for hydroxylation is 2. The Morgan fingerprint density at radius 2 is 2.14 bits per heavy atom. The van der Waals surface area contributed by atoms with Crippen molar-refractivity contribution in [2.75, 3.05) is 19.6 Å². The van der Waals surface area contributed by atoms with Crippen molar-refractivity contribution in [2.24, 2.45) is 12.0 Å². The molecule has 1 atom stereocenters. The number of ether oxygens (including phenoxy) is 1. The van der Waals surface area contributed by atoms with E-state index < -0.39 is 0 Å². The van der Waals surface area contributed by atoms with Crippen molar-refractivity contribution in [3.63, 3.8) is 0 Å². The lowest BCUT2D eigenvalue weighted by Gasteiger charge is -2.17. The van der Waals surface area contributed by atoms with E-state index in [2.05, 4.69) is 20.7 Å². The van der Waals surface area contributed by atoms with Crippen LogP contribution in [0.4, 0.5) is 4.39 Å². The molecule has 2 N–H and O–H groups in total. The van der Waals surface area contributed by atoms with Gasteiger partial charge < -0.3 is 15.4 Å². The lowest BCUT2D eigenvalue weighted by atomic mass is 10.2. The molecule has 0 aliphatic rings. The van der Waals surface area contributed by atoms with Crippen LogP contribution in [0.25, 0.3) is 0 Å². The second kappa shape index (κ2) is 13.4. The Balaban J connectivity index is 0.00000392. The Hall–Kier alpha value is -1.84. The van der Waals surface area contributed by atoms with Crippen molar-refractivity contribution < 1.29 is 9.13 Å². The van der Waals surface area contributed by atoms with E-state index >= 15 is 0 Å². The highest BCUT2D eigenvalue weighted by Gasteiger charge is 2.09. The van der Waals surface area contributed by atoms with Crippen molar-refractivity contribution in [1.82, 2.24) is 20.4 Å². The molecule has 156 valence electrons. The second-order valence-electron chi connectivity index (χ2n) is 6.38. The van der Waals surface area contributed by atoms with Crippen LogP contribution in [0.15, 0.2) is 41.7 Å². The molecule has 1 aromatic heterocycles. The first-order valence-corrected chi connectivity index (χ1v) is 9.52. The molecule has 0 saturated carbocycles. The normalized spacial score (nSPS) is 12.2. The van der Waals surface area contributed by atoms with E-state index in [0.717, 1.165) is 38.3 Å². The van der Waals surface area contributed by atoms with Gasteiger partial charge in [-0.05, 0) is 43.9 Å². The van der Waals surface area contributed by atoms with Gasteiger partial charge in [0.15, 0.2) is 5.96 Å². The van der Waals surface area contributed by atoms with Crippen LogP contribution < -0.4 is 15.4 Å². The molecule has 0 bridgehead atoms. The van der Waals surface area contributed by atoms with Crippen LogP contribution in [-0.2, 0) is 13.5 Å². The number of aliphatic imine (C=N–C) groups is 1. The van der Waals surface area contributed by atoms with Crippen molar-refractivity contribution in [3.8, 4) is 5.75 Å². The smallest absolute Gasteiger partial charge is 0.191 e. The molecule has 8 heteroatoms. The molecule has 2 rings (SSSR count). The Labute approximate surface area is 184 Å². The van der Waals surface area contributed by atoms with E-state index in [1.807, 2.05) is 38.0 Å². The fraction of sp³-hybridized carbons (Fsp3) is 0.500. The van der Waals surface area contributed by atoms with Crippen LogP contribution in [0.1, 0.15) is 32.3 Å². The minimum absolute atomic E-state index is 0. The number of hydrogen-bond donors (Lipinski definition) is 2. The summed E-state index contributed by atoms with van der Waals surface area (Å²) in [6.45, 7) is 6.18. The number of nitrogens with one attached hydrogen (secondary N) is 2. The average molecular weight is 503 g/mol. The second-order valence-corrected chi connectivity index (χ2v) is 6.38. The van der Waals surface area contributed by atoms with Crippen LogP contribution in [-0.4, -0.2) is 41.5 Å². The van der Waals surface area contributed by atoms with Gasteiger partial charge in [0.05, 0.1) is 12.7 Å². The highest BCUT2D eigenvalue weighted by Crippen LogP contribution is 2.15. The van der Waals surface area contributed by atoms with Gasteiger partial charge in [-0.15, -0.1) is 24.0 Å². The van der Waals surface area contributed by atoms with Gasteiger partial charge in [-0.1, -0.05) is 13.0 Å². The molecule has 28 heavy (non-hydrogen) atoms. The molecule has 0 fully saturated rings. The summed E-state index contributed by atoms with van der Waals surface area (Å²) >= 11 is 0. The molecule has 1 aromatic carbocycles. The molecule has 6 nitrogen and oxygen atoms in total. The van der Waals surface area contributed by atoms with Crippen molar-refractivity contribution in [2.45, 2.75) is 39.2 Å². The van der Waals surface area contributed by atoms with E-state index in [4.69, 9.17) is 4.74 Å². The molecule has 0 saturated heterocycles. The van der Waals surface area contributed by atoms with Crippen molar-refractivity contribution in [1.29, 1.82) is 0 Å². The number of benzene rings is 1. The summed E-state index contributed by atoms with van der Waals surface area (Å²) in [6.07, 6.45) is 6.59. The summed E-state index contributed by atoms with van der Waals surface area (Å²) in [4.78, 5) is 4.61. The van der Waals surface area contributed by atoms with Crippen molar-refractivity contribution in [3.05, 3.63) is 48.0 Å². The van der Waals surface area contributed by atoms with E-state index in [1.54, 1.807) is 12.1 Å². The van der Waals surface area contributed by atoms with Gasteiger partial charge in [-0.25, -0.2) is 9.38 Å². The van der Waals surface area contributed by atoms with Crippen LogP contribution in [0.2, 0.25) is 0 Å². The molecule has 1 heterocycles. The Bertz CT molecular complexity index is 722. The molecule has 0 radical (unpaired) electrons. The summed E-state index contributed by atoms with van der Waals surface area (Å²) in [5.41, 5.74) is 1.23. The zero-order valence-electron chi connectivity index (χ0n) is 16.8. The number of aromatic nitrogens is 2. The number of rotatable bonds is 10. The summed E-state index contributed by atoms with van der Waals surface area (Å²) in [5, 5.41) is 10.8. The minimum atomic E-state index is -0.297. The van der Waals surface area contributed by atoms with E-state index in [9.17, 15) is 4.39 Å². The van der Waals surface area contributed by atoms with Gasteiger partial charge >= 0.3 is 0 Å². The number of hydrogen-bond acceptors (Lipinski definition) is 3. The minimum Gasteiger partial charge on any atom is -0.488 e. The standard InChI is InChI=1S/C20H30FN5O.HI/c1-4-18(27-19-10-6-9-17(21)12-19)14-24-20(22-5-2)23-11-7-8-16-13-25-26(3)15-16;/h6,9-10,12-13,15,18H,4-5,7-8,11,14H2,1-3H3,(H2,22,23,24);1H. The summed E-state index contributed by atoms with van der Waals surface area (Å²) in [5.74, 6) is 1.01. The van der Waals surface area contributed by atoms with E-state index in [1.165, 1.54) is 17.7 Å². The highest BCUT2D eigenvalue weighted by atomic mass is 127. The van der Waals surface area contributed by atoms with Crippen LogP contribution in [0.3, 0.4) is 0 Å². The first-order valence-electron chi connectivity index (χ1n) is 9.52. The number of halogens is 2. The van der Waals surface area contributed by atoms with Gasteiger partial charge in [-0.2, -0.15) is 5.10 Å². The Kier molecular flexibility index (Phi) is 11.5. The molecule has 0 amide bonds. The summed E-state index contributed by atoms with van der Waals surface area (Å²) in [6, 6.07) is 6.21. The van der Waals surface area contributed by atoms with Crippen LogP contribution in [0.5, 0.6) is 5.75 Å². The Morgan fingerprint density at radius 3 is 2.79 bits per heavy atom. The van der Waals surface area contributed by atoms with E-state index in [0.29, 0.717) is 12.3 Å². The number of nitrogens with zero attached hydrogens (tertiary/aromatic N) is 3. The predicted octanol–water partition coefficient (Wildman–Crippen LogP) is 3.52. The third-order valence-electron chi connectivity index (χ3n) is 4.04. The summed E-state index contributed by atoms with van der Waals surface area (Å²) in [7, 11) is 1.92. The van der Waals surface area contributed by atoms with Crippen LogP contribution >= 0.6 is 24.0 Å². The third kappa shape index (κ3) is 8.90.